The molecule has 0 amide bonds. The zero-order valence-corrected chi connectivity index (χ0v) is 12.2. The fourth-order valence-electron chi connectivity index (χ4n) is 2.36. The first-order valence-electron chi connectivity index (χ1n) is 7.26. The Bertz CT molecular complexity index is 472. The average molecular weight is 279 g/mol. The van der Waals surface area contributed by atoms with Gasteiger partial charge in [-0.1, -0.05) is 19.4 Å². The highest BCUT2D eigenvalue weighted by Crippen LogP contribution is 2.28. The van der Waals surface area contributed by atoms with Gasteiger partial charge in [0.2, 0.25) is 0 Å². The van der Waals surface area contributed by atoms with Gasteiger partial charge in [0.15, 0.2) is 0 Å². The van der Waals surface area contributed by atoms with Gasteiger partial charge in [0, 0.05) is 12.6 Å². The molecule has 0 heterocycles. The Hall–Kier alpha value is -1.42. The topological polar surface area (TPSA) is 29.5 Å². The number of carbonyl (C=O) groups is 1. The fourth-order valence-corrected chi connectivity index (χ4v) is 2.36. The number of hydrogen-bond acceptors (Lipinski definition) is 3. The molecule has 1 aromatic carbocycles. The monoisotopic (exact) mass is 279 g/mol. The molecule has 1 saturated carbocycles. The number of carbonyl (C=O) groups excluding carboxylic acids is 1. The van der Waals surface area contributed by atoms with Gasteiger partial charge in [0.1, 0.15) is 5.82 Å². The highest BCUT2D eigenvalue weighted by molar-refractivity contribution is 5.89. The van der Waals surface area contributed by atoms with Gasteiger partial charge >= 0.3 is 5.97 Å². The molecule has 0 saturated heterocycles. The third-order valence-corrected chi connectivity index (χ3v) is 3.69. The summed E-state index contributed by atoms with van der Waals surface area (Å²) >= 11 is 0. The molecule has 0 aromatic heterocycles. The van der Waals surface area contributed by atoms with Crippen LogP contribution in [0.2, 0.25) is 0 Å². The Morgan fingerprint density at radius 2 is 2.20 bits per heavy atom. The molecule has 0 aliphatic heterocycles. The minimum Gasteiger partial charge on any atom is -0.465 e. The van der Waals surface area contributed by atoms with Crippen LogP contribution in [0.25, 0.3) is 0 Å². The van der Waals surface area contributed by atoms with Crippen LogP contribution in [0.1, 0.15) is 48.5 Å². The Morgan fingerprint density at radius 1 is 1.45 bits per heavy atom. The molecular formula is C16H22FNO2. The van der Waals surface area contributed by atoms with Crippen molar-refractivity contribution < 1.29 is 13.9 Å². The SMILES string of the molecule is CCCCN(Cc1ccc(C(=O)OC)c(F)c1)C1CC1. The van der Waals surface area contributed by atoms with E-state index in [4.69, 9.17) is 0 Å². The first-order valence-corrected chi connectivity index (χ1v) is 7.26. The van der Waals surface area contributed by atoms with Crippen molar-refractivity contribution in [1.82, 2.24) is 4.90 Å². The van der Waals surface area contributed by atoms with Crippen molar-refractivity contribution in [3.8, 4) is 0 Å². The van der Waals surface area contributed by atoms with E-state index in [1.807, 2.05) is 6.07 Å². The molecule has 0 radical (unpaired) electrons. The number of hydrogen-bond donors (Lipinski definition) is 0. The smallest absolute Gasteiger partial charge is 0.340 e. The Morgan fingerprint density at radius 3 is 2.75 bits per heavy atom. The van der Waals surface area contributed by atoms with Crippen LogP contribution >= 0.6 is 0 Å². The normalized spacial score (nSPS) is 14.6. The maximum absolute atomic E-state index is 13.9. The largest absolute Gasteiger partial charge is 0.465 e. The number of benzene rings is 1. The summed E-state index contributed by atoms with van der Waals surface area (Å²) < 4.78 is 18.4. The summed E-state index contributed by atoms with van der Waals surface area (Å²) in [7, 11) is 1.26. The molecule has 2 rings (SSSR count). The van der Waals surface area contributed by atoms with Gasteiger partial charge in [0.25, 0.3) is 0 Å². The molecule has 110 valence electrons. The second-order valence-electron chi connectivity index (χ2n) is 5.36. The fraction of sp³-hybridized carbons (Fsp3) is 0.562. The third-order valence-electron chi connectivity index (χ3n) is 3.69. The average Bonchev–Trinajstić information content (AvgIpc) is 3.27. The lowest BCUT2D eigenvalue weighted by Gasteiger charge is -2.22. The first kappa shape index (κ1) is 15.0. The van der Waals surface area contributed by atoms with Crippen molar-refractivity contribution in [2.45, 2.75) is 45.2 Å². The molecule has 0 unspecified atom stereocenters. The van der Waals surface area contributed by atoms with Crippen LogP contribution in [-0.4, -0.2) is 30.6 Å². The van der Waals surface area contributed by atoms with Crippen LogP contribution in [0.4, 0.5) is 4.39 Å². The van der Waals surface area contributed by atoms with Gasteiger partial charge < -0.3 is 4.74 Å². The molecule has 1 aromatic rings. The summed E-state index contributed by atoms with van der Waals surface area (Å²) in [5.41, 5.74) is 0.918. The lowest BCUT2D eigenvalue weighted by Crippen LogP contribution is -2.26. The maximum atomic E-state index is 13.9. The van der Waals surface area contributed by atoms with Crippen LogP contribution in [0.5, 0.6) is 0 Å². The van der Waals surface area contributed by atoms with Crippen molar-refractivity contribution in [3.05, 3.63) is 35.1 Å². The predicted octanol–water partition coefficient (Wildman–Crippen LogP) is 3.38. The van der Waals surface area contributed by atoms with Gasteiger partial charge in [-0.3, -0.25) is 4.90 Å². The summed E-state index contributed by atoms with van der Waals surface area (Å²) in [6.07, 6.45) is 4.82. The quantitative estimate of drug-likeness (QED) is 0.717. The van der Waals surface area contributed by atoms with Gasteiger partial charge in [0.05, 0.1) is 12.7 Å². The van der Waals surface area contributed by atoms with E-state index in [9.17, 15) is 9.18 Å². The van der Waals surface area contributed by atoms with E-state index in [1.54, 1.807) is 0 Å². The zero-order chi connectivity index (χ0) is 14.5. The van der Waals surface area contributed by atoms with Gasteiger partial charge in [-0.25, -0.2) is 9.18 Å². The van der Waals surface area contributed by atoms with E-state index in [0.29, 0.717) is 6.04 Å². The minimum absolute atomic E-state index is 0.00257. The summed E-state index contributed by atoms with van der Waals surface area (Å²) in [5.74, 6) is -1.13. The van der Waals surface area contributed by atoms with E-state index in [1.165, 1.54) is 44.9 Å². The van der Waals surface area contributed by atoms with E-state index >= 15 is 0 Å². The number of rotatable bonds is 7. The second-order valence-corrected chi connectivity index (χ2v) is 5.36. The van der Waals surface area contributed by atoms with Gasteiger partial charge in [-0.15, -0.1) is 0 Å². The van der Waals surface area contributed by atoms with Crippen LogP contribution in [0.3, 0.4) is 0 Å². The van der Waals surface area contributed by atoms with Crippen molar-refractivity contribution in [2.75, 3.05) is 13.7 Å². The van der Waals surface area contributed by atoms with Crippen LogP contribution in [0, 0.1) is 5.82 Å². The van der Waals surface area contributed by atoms with Crippen molar-refractivity contribution in [1.29, 1.82) is 0 Å². The Balaban J connectivity index is 2.04. The summed E-state index contributed by atoms with van der Waals surface area (Å²) in [4.78, 5) is 13.8. The molecule has 4 heteroatoms. The Labute approximate surface area is 119 Å². The van der Waals surface area contributed by atoms with Crippen molar-refractivity contribution >= 4 is 5.97 Å². The van der Waals surface area contributed by atoms with Crippen molar-refractivity contribution in [3.63, 3.8) is 0 Å². The molecule has 0 atom stereocenters. The van der Waals surface area contributed by atoms with Crippen LogP contribution < -0.4 is 0 Å². The van der Waals surface area contributed by atoms with Gasteiger partial charge in [-0.05, 0) is 43.5 Å². The van der Waals surface area contributed by atoms with Gasteiger partial charge in [-0.2, -0.15) is 0 Å². The number of esters is 1. The van der Waals surface area contributed by atoms with Crippen molar-refractivity contribution in [2.24, 2.45) is 0 Å². The number of unbranched alkanes of at least 4 members (excludes halogenated alkanes) is 1. The van der Waals surface area contributed by atoms with Crippen LogP contribution in [0.15, 0.2) is 18.2 Å². The highest BCUT2D eigenvalue weighted by Gasteiger charge is 2.28. The summed E-state index contributed by atoms with van der Waals surface area (Å²) in [5, 5.41) is 0. The first-order chi connectivity index (χ1) is 9.65. The lowest BCUT2D eigenvalue weighted by molar-refractivity contribution is 0.0595. The molecule has 1 aliphatic rings. The third kappa shape index (κ3) is 3.79. The van der Waals surface area contributed by atoms with E-state index in [-0.39, 0.29) is 5.56 Å². The second kappa shape index (κ2) is 6.84. The molecule has 0 bridgehead atoms. The number of nitrogens with zero attached hydrogens (tertiary/aromatic N) is 1. The molecule has 3 nitrogen and oxygen atoms in total. The minimum atomic E-state index is -0.626. The molecule has 0 spiro atoms. The zero-order valence-electron chi connectivity index (χ0n) is 12.2. The molecular weight excluding hydrogens is 257 g/mol. The van der Waals surface area contributed by atoms with E-state index < -0.39 is 11.8 Å². The standard InChI is InChI=1S/C16H22FNO2/c1-3-4-9-18(13-6-7-13)11-12-5-8-14(15(17)10-12)16(19)20-2/h5,8,10,13H,3-4,6-7,9,11H2,1-2H3. The number of ether oxygens (including phenoxy) is 1. The lowest BCUT2D eigenvalue weighted by atomic mass is 10.1. The summed E-state index contributed by atoms with van der Waals surface area (Å²) in [6, 6.07) is 5.44. The number of methoxy groups -OCH3 is 1. The van der Waals surface area contributed by atoms with Crippen LogP contribution in [-0.2, 0) is 11.3 Å². The molecule has 20 heavy (non-hydrogen) atoms. The van der Waals surface area contributed by atoms with E-state index in [2.05, 4.69) is 16.6 Å². The van der Waals surface area contributed by atoms with E-state index in [0.717, 1.165) is 18.7 Å². The molecule has 1 aliphatic carbocycles. The highest BCUT2D eigenvalue weighted by atomic mass is 19.1. The maximum Gasteiger partial charge on any atom is 0.340 e. The number of halogens is 1. The summed E-state index contributed by atoms with van der Waals surface area (Å²) in [6.45, 7) is 3.99. The molecule has 0 N–H and O–H groups in total. The Kier molecular flexibility index (Phi) is 5.12. The predicted molar refractivity (Wildman–Crippen MR) is 76.1 cm³/mol. The molecule has 1 fully saturated rings.